The summed E-state index contributed by atoms with van der Waals surface area (Å²) >= 11 is 0. The molecule has 1 atom stereocenters. The minimum Gasteiger partial charge on any atom is -0.387 e. The maximum Gasteiger partial charge on any atom is 0.276 e. The highest BCUT2D eigenvalue weighted by Gasteiger charge is 2.42. The van der Waals surface area contributed by atoms with E-state index < -0.39 is 11.5 Å². The summed E-state index contributed by atoms with van der Waals surface area (Å²) in [5.41, 5.74) is -0.828. The Bertz CT molecular complexity index is 582. The zero-order valence-corrected chi connectivity index (χ0v) is 13.1. The number of halogens is 2. The van der Waals surface area contributed by atoms with Crippen molar-refractivity contribution in [3.63, 3.8) is 0 Å². The fraction of sp³-hybridized carbons (Fsp3) is 0.733. The topological polar surface area (TPSA) is 69.8 Å². The molecule has 0 unspecified atom stereocenters. The minimum absolute atomic E-state index is 0.177. The van der Waals surface area contributed by atoms with Gasteiger partial charge in [0.1, 0.15) is 5.76 Å². The highest BCUT2D eigenvalue weighted by molar-refractivity contribution is 5.92. The first-order valence-corrected chi connectivity index (χ1v) is 7.82. The molecule has 0 radical (unpaired) electrons. The number of aliphatic hydroxyl groups is 1. The van der Waals surface area contributed by atoms with E-state index in [-0.39, 0.29) is 44.1 Å². The van der Waals surface area contributed by atoms with Gasteiger partial charge in [0.05, 0.1) is 12.1 Å². The minimum atomic E-state index is -2.60. The Balaban J connectivity index is 1.57. The van der Waals surface area contributed by atoms with Crippen LogP contribution in [0.4, 0.5) is 8.78 Å². The molecular weight excluding hydrogens is 308 g/mol. The van der Waals surface area contributed by atoms with Crippen molar-refractivity contribution >= 4 is 5.91 Å². The maximum atomic E-state index is 13.2. The summed E-state index contributed by atoms with van der Waals surface area (Å²) in [7, 11) is 0. The summed E-state index contributed by atoms with van der Waals surface area (Å²) in [6.07, 6.45) is 0.0797. The second-order valence-electron chi connectivity index (χ2n) is 6.66. The molecule has 1 aromatic heterocycles. The summed E-state index contributed by atoms with van der Waals surface area (Å²) < 4.78 is 31.3. The molecule has 1 N–H and O–H groups in total. The Morgan fingerprint density at radius 1 is 1.35 bits per heavy atom. The van der Waals surface area contributed by atoms with Crippen molar-refractivity contribution in [3.05, 3.63) is 17.5 Å². The van der Waals surface area contributed by atoms with Crippen molar-refractivity contribution in [2.75, 3.05) is 32.7 Å². The van der Waals surface area contributed by atoms with E-state index in [1.807, 2.05) is 4.90 Å². The van der Waals surface area contributed by atoms with Gasteiger partial charge in [0.15, 0.2) is 5.69 Å². The summed E-state index contributed by atoms with van der Waals surface area (Å²) in [4.78, 5) is 15.7. The molecule has 0 aliphatic carbocycles. The first-order valence-electron chi connectivity index (χ1n) is 7.82. The molecule has 2 aliphatic heterocycles. The van der Waals surface area contributed by atoms with E-state index in [2.05, 4.69) is 5.16 Å². The zero-order valence-electron chi connectivity index (χ0n) is 13.1. The quantitative estimate of drug-likeness (QED) is 0.905. The molecule has 0 bridgehead atoms. The van der Waals surface area contributed by atoms with E-state index in [1.165, 1.54) is 4.90 Å². The van der Waals surface area contributed by atoms with E-state index in [0.717, 1.165) is 0 Å². The Kier molecular flexibility index (Phi) is 4.14. The fourth-order valence-corrected chi connectivity index (χ4v) is 3.24. The van der Waals surface area contributed by atoms with Gasteiger partial charge in [0.2, 0.25) is 0 Å². The standard InChI is InChI=1S/C15H21F2N3O3/c1-11-8-12(18-23-11)13(21)20-7-2-14(22,10-20)9-19-5-3-15(16,17)4-6-19/h8,22H,2-7,9-10H2,1H3/t14-/m0/s1. The lowest BCUT2D eigenvalue weighted by Crippen LogP contribution is -2.49. The van der Waals surface area contributed by atoms with Crippen LogP contribution in [0, 0.1) is 6.92 Å². The second-order valence-corrected chi connectivity index (χ2v) is 6.66. The van der Waals surface area contributed by atoms with Gasteiger partial charge in [-0.05, 0) is 13.3 Å². The monoisotopic (exact) mass is 329 g/mol. The van der Waals surface area contributed by atoms with Crippen LogP contribution in [0.15, 0.2) is 10.6 Å². The number of likely N-dealkylation sites (tertiary alicyclic amines) is 2. The Hall–Kier alpha value is -1.54. The molecule has 0 aromatic carbocycles. The molecule has 23 heavy (non-hydrogen) atoms. The van der Waals surface area contributed by atoms with Gasteiger partial charge in [0.25, 0.3) is 11.8 Å². The molecule has 3 rings (SSSR count). The number of hydrogen-bond donors (Lipinski definition) is 1. The van der Waals surface area contributed by atoms with Crippen molar-refractivity contribution in [1.29, 1.82) is 0 Å². The van der Waals surface area contributed by atoms with E-state index in [4.69, 9.17) is 4.52 Å². The Morgan fingerprint density at radius 3 is 2.65 bits per heavy atom. The number of piperidine rings is 1. The van der Waals surface area contributed by atoms with Crippen LogP contribution in [0.2, 0.25) is 0 Å². The van der Waals surface area contributed by atoms with E-state index in [9.17, 15) is 18.7 Å². The van der Waals surface area contributed by atoms with Crippen LogP contribution >= 0.6 is 0 Å². The maximum absolute atomic E-state index is 13.2. The average molecular weight is 329 g/mol. The molecule has 0 spiro atoms. The molecule has 2 aliphatic rings. The predicted molar refractivity (Wildman–Crippen MR) is 77.3 cm³/mol. The van der Waals surface area contributed by atoms with Crippen LogP contribution < -0.4 is 0 Å². The van der Waals surface area contributed by atoms with Crippen molar-refractivity contribution < 1.29 is 23.2 Å². The Labute approximate surface area is 133 Å². The highest BCUT2D eigenvalue weighted by atomic mass is 19.3. The second kappa shape index (κ2) is 5.83. The molecule has 1 aromatic rings. The van der Waals surface area contributed by atoms with Crippen LogP contribution in [-0.2, 0) is 0 Å². The summed E-state index contributed by atoms with van der Waals surface area (Å²) in [6, 6.07) is 1.56. The number of carbonyl (C=O) groups is 1. The molecule has 3 heterocycles. The number of alkyl halides is 2. The van der Waals surface area contributed by atoms with Crippen molar-refractivity contribution in [2.45, 2.75) is 37.7 Å². The molecule has 6 nitrogen and oxygen atoms in total. The average Bonchev–Trinajstić information content (AvgIpc) is 3.07. The van der Waals surface area contributed by atoms with Crippen molar-refractivity contribution in [1.82, 2.24) is 15.0 Å². The van der Waals surface area contributed by atoms with Crippen molar-refractivity contribution in [2.24, 2.45) is 0 Å². The van der Waals surface area contributed by atoms with E-state index in [1.54, 1.807) is 13.0 Å². The van der Waals surface area contributed by atoms with Gasteiger partial charge in [0, 0.05) is 45.1 Å². The summed E-state index contributed by atoms with van der Waals surface area (Å²) in [6.45, 7) is 3.16. The number of carbonyl (C=O) groups excluding carboxylic acids is 1. The lowest BCUT2D eigenvalue weighted by atomic mass is 10.00. The molecule has 2 fully saturated rings. The summed E-state index contributed by atoms with van der Waals surface area (Å²) in [5, 5.41) is 14.4. The lowest BCUT2D eigenvalue weighted by molar-refractivity contribution is -0.0720. The predicted octanol–water partition coefficient (Wildman–Crippen LogP) is 1.29. The molecule has 2 saturated heterocycles. The van der Waals surface area contributed by atoms with Gasteiger partial charge in [-0.1, -0.05) is 5.16 Å². The van der Waals surface area contributed by atoms with Crippen molar-refractivity contribution in [3.8, 4) is 0 Å². The molecule has 8 heteroatoms. The van der Waals surface area contributed by atoms with Gasteiger partial charge in [-0.3, -0.25) is 9.69 Å². The largest absolute Gasteiger partial charge is 0.387 e. The third-order valence-electron chi connectivity index (χ3n) is 4.57. The Morgan fingerprint density at radius 2 is 2.04 bits per heavy atom. The van der Waals surface area contributed by atoms with Gasteiger partial charge in [-0.25, -0.2) is 8.78 Å². The smallest absolute Gasteiger partial charge is 0.276 e. The summed E-state index contributed by atoms with van der Waals surface area (Å²) in [5.74, 6) is -2.32. The van der Waals surface area contributed by atoms with Gasteiger partial charge in [-0.15, -0.1) is 0 Å². The highest BCUT2D eigenvalue weighted by Crippen LogP contribution is 2.30. The number of aromatic nitrogens is 1. The van der Waals surface area contributed by atoms with Gasteiger partial charge < -0.3 is 14.5 Å². The zero-order chi connectivity index (χ0) is 16.7. The first-order chi connectivity index (χ1) is 10.8. The number of nitrogens with zero attached hydrogens (tertiary/aromatic N) is 3. The number of aryl methyl sites for hydroxylation is 1. The SMILES string of the molecule is Cc1cc(C(=O)N2CC[C@](O)(CN3CCC(F)(F)CC3)C2)no1. The molecule has 1 amide bonds. The van der Waals surface area contributed by atoms with Crippen LogP contribution in [-0.4, -0.2) is 70.2 Å². The van der Waals surface area contributed by atoms with Crippen LogP contribution in [0.3, 0.4) is 0 Å². The third-order valence-corrected chi connectivity index (χ3v) is 4.57. The van der Waals surface area contributed by atoms with E-state index >= 15 is 0 Å². The number of rotatable bonds is 3. The van der Waals surface area contributed by atoms with Crippen LogP contribution in [0.25, 0.3) is 0 Å². The first kappa shape index (κ1) is 16.3. The van der Waals surface area contributed by atoms with E-state index in [0.29, 0.717) is 25.3 Å². The molecule has 0 saturated carbocycles. The number of hydrogen-bond acceptors (Lipinski definition) is 5. The lowest BCUT2D eigenvalue weighted by Gasteiger charge is -2.36. The normalized spacial score (nSPS) is 28.3. The number of amides is 1. The molecule has 128 valence electrons. The van der Waals surface area contributed by atoms with Gasteiger partial charge in [-0.2, -0.15) is 0 Å². The fourth-order valence-electron chi connectivity index (χ4n) is 3.24. The van der Waals surface area contributed by atoms with Crippen LogP contribution in [0.1, 0.15) is 35.5 Å². The van der Waals surface area contributed by atoms with Crippen LogP contribution in [0.5, 0.6) is 0 Å². The number of β-amino-alcohol motifs (C(OH)–C–C–N with tert-alkyl or cyclic N) is 1. The van der Waals surface area contributed by atoms with Gasteiger partial charge >= 0.3 is 0 Å². The molecular formula is C15H21F2N3O3. The third kappa shape index (κ3) is 3.69.